The highest BCUT2D eigenvalue weighted by molar-refractivity contribution is 6.30. The number of carbonyl (C=O) groups is 1. The fraction of sp³-hybridized carbons (Fsp3) is 0.526. The number of nitrogens with zero attached hydrogens (tertiary/aromatic N) is 4. The van der Waals surface area contributed by atoms with Crippen LogP contribution in [-0.2, 0) is 6.42 Å². The molecule has 140 valence electrons. The highest BCUT2D eigenvalue weighted by Gasteiger charge is 2.25. The second-order valence-electron chi connectivity index (χ2n) is 7.07. The second-order valence-corrected chi connectivity index (χ2v) is 7.51. The summed E-state index contributed by atoms with van der Waals surface area (Å²) >= 11 is 5.94. The smallest absolute Gasteiger partial charge is 0.277 e. The number of halogens is 1. The van der Waals surface area contributed by atoms with Crippen molar-refractivity contribution < 1.29 is 9.42 Å². The van der Waals surface area contributed by atoms with E-state index < -0.39 is 0 Å². The standard InChI is InChI=1S/C19H25ClN4O2/c1-14-18(22-26-21-14)19(25)23(2)12-16-4-3-10-24(13-16)11-9-15-5-7-17(20)8-6-15/h5-8,16H,3-4,9-13H2,1-2H3. The number of rotatable bonds is 6. The molecule has 2 aromatic rings. The molecule has 1 amide bonds. The Morgan fingerprint density at radius 2 is 2.12 bits per heavy atom. The molecule has 26 heavy (non-hydrogen) atoms. The molecule has 1 aromatic heterocycles. The Kier molecular flexibility index (Phi) is 6.27. The van der Waals surface area contributed by atoms with E-state index in [1.165, 1.54) is 5.56 Å². The van der Waals surface area contributed by atoms with Crippen molar-refractivity contribution in [3.05, 3.63) is 46.2 Å². The van der Waals surface area contributed by atoms with Crippen LogP contribution in [0.25, 0.3) is 0 Å². The average Bonchev–Trinajstić information content (AvgIpc) is 3.07. The first kappa shape index (κ1) is 18.9. The summed E-state index contributed by atoms with van der Waals surface area (Å²) in [6.45, 7) is 5.62. The van der Waals surface area contributed by atoms with Crippen molar-refractivity contribution in [2.75, 3.05) is 33.2 Å². The van der Waals surface area contributed by atoms with Crippen LogP contribution < -0.4 is 0 Å². The van der Waals surface area contributed by atoms with Crippen LogP contribution in [-0.4, -0.2) is 59.2 Å². The Bertz CT molecular complexity index is 731. The quantitative estimate of drug-likeness (QED) is 0.775. The normalized spacial score (nSPS) is 18.0. The summed E-state index contributed by atoms with van der Waals surface area (Å²) in [5.74, 6) is 0.352. The molecule has 1 atom stereocenters. The van der Waals surface area contributed by atoms with Crippen LogP contribution in [0, 0.1) is 12.8 Å². The summed E-state index contributed by atoms with van der Waals surface area (Å²) < 4.78 is 4.64. The second kappa shape index (κ2) is 8.64. The van der Waals surface area contributed by atoms with Gasteiger partial charge < -0.3 is 9.80 Å². The van der Waals surface area contributed by atoms with Gasteiger partial charge in [-0.15, -0.1) is 0 Å². The van der Waals surface area contributed by atoms with Gasteiger partial charge in [0.1, 0.15) is 5.69 Å². The van der Waals surface area contributed by atoms with Gasteiger partial charge in [0.2, 0.25) is 0 Å². The summed E-state index contributed by atoms with van der Waals surface area (Å²) in [7, 11) is 1.82. The number of amides is 1. The number of carbonyl (C=O) groups excluding carboxylic acids is 1. The number of benzene rings is 1. The minimum absolute atomic E-state index is 0.123. The van der Waals surface area contributed by atoms with Gasteiger partial charge in [0.05, 0.1) is 0 Å². The predicted molar refractivity (Wildman–Crippen MR) is 100 cm³/mol. The Morgan fingerprint density at radius 1 is 1.35 bits per heavy atom. The number of piperidine rings is 1. The third kappa shape index (κ3) is 4.83. The topological polar surface area (TPSA) is 62.5 Å². The fourth-order valence-electron chi connectivity index (χ4n) is 3.52. The van der Waals surface area contributed by atoms with Crippen molar-refractivity contribution in [3.8, 4) is 0 Å². The average molecular weight is 377 g/mol. The maximum atomic E-state index is 12.5. The van der Waals surface area contributed by atoms with E-state index in [4.69, 9.17) is 11.6 Å². The maximum absolute atomic E-state index is 12.5. The number of hydrogen-bond donors (Lipinski definition) is 0. The van der Waals surface area contributed by atoms with E-state index in [2.05, 4.69) is 32.0 Å². The Labute approximate surface area is 159 Å². The van der Waals surface area contributed by atoms with E-state index in [1.807, 2.05) is 19.2 Å². The molecule has 7 heteroatoms. The Hall–Kier alpha value is -1.92. The van der Waals surface area contributed by atoms with E-state index in [-0.39, 0.29) is 5.91 Å². The summed E-state index contributed by atoms with van der Waals surface area (Å²) in [6, 6.07) is 8.06. The minimum Gasteiger partial charge on any atom is -0.340 e. The van der Waals surface area contributed by atoms with E-state index in [0.717, 1.165) is 50.5 Å². The van der Waals surface area contributed by atoms with Crippen LogP contribution in [0.5, 0.6) is 0 Å². The first-order chi connectivity index (χ1) is 12.5. The molecule has 1 aliphatic rings. The molecule has 1 saturated heterocycles. The molecule has 1 aromatic carbocycles. The van der Waals surface area contributed by atoms with Crippen molar-refractivity contribution in [2.24, 2.45) is 5.92 Å². The summed E-state index contributed by atoms with van der Waals surface area (Å²) in [4.78, 5) is 16.7. The molecule has 1 aliphatic heterocycles. The van der Waals surface area contributed by atoms with Gasteiger partial charge in [-0.3, -0.25) is 4.79 Å². The molecule has 3 rings (SSSR count). The van der Waals surface area contributed by atoms with Crippen molar-refractivity contribution in [1.82, 2.24) is 20.1 Å². The largest absolute Gasteiger partial charge is 0.340 e. The minimum atomic E-state index is -0.123. The first-order valence-corrected chi connectivity index (χ1v) is 9.42. The Balaban J connectivity index is 1.49. The van der Waals surface area contributed by atoms with Crippen molar-refractivity contribution >= 4 is 17.5 Å². The van der Waals surface area contributed by atoms with E-state index in [9.17, 15) is 4.79 Å². The van der Waals surface area contributed by atoms with Gasteiger partial charge in [-0.25, -0.2) is 4.63 Å². The van der Waals surface area contributed by atoms with E-state index in [1.54, 1.807) is 11.8 Å². The molecular weight excluding hydrogens is 352 g/mol. The van der Waals surface area contributed by atoms with Crippen molar-refractivity contribution in [3.63, 3.8) is 0 Å². The molecule has 0 bridgehead atoms. The van der Waals surface area contributed by atoms with Crippen LogP contribution in [0.1, 0.15) is 34.6 Å². The molecular formula is C19H25ClN4O2. The number of likely N-dealkylation sites (tertiary alicyclic amines) is 1. The summed E-state index contributed by atoms with van der Waals surface area (Å²) in [5, 5.41) is 8.18. The lowest BCUT2D eigenvalue weighted by Gasteiger charge is -2.34. The highest BCUT2D eigenvalue weighted by Crippen LogP contribution is 2.19. The lowest BCUT2D eigenvalue weighted by molar-refractivity contribution is 0.0719. The SMILES string of the molecule is Cc1nonc1C(=O)N(C)CC1CCCN(CCc2ccc(Cl)cc2)C1. The monoisotopic (exact) mass is 376 g/mol. The summed E-state index contributed by atoms with van der Waals surface area (Å²) in [6.07, 6.45) is 3.32. The fourth-order valence-corrected chi connectivity index (χ4v) is 3.64. The predicted octanol–water partition coefficient (Wildman–Crippen LogP) is 3.06. The van der Waals surface area contributed by atoms with Crippen LogP contribution in [0.2, 0.25) is 5.02 Å². The van der Waals surface area contributed by atoms with Gasteiger partial charge in [0.25, 0.3) is 5.91 Å². The molecule has 6 nitrogen and oxygen atoms in total. The lowest BCUT2D eigenvalue weighted by atomic mass is 9.97. The molecule has 0 spiro atoms. The number of aromatic nitrogens is 2. The molecule has 0 N–H and O–H groups in total. The zero-order chi connectivity index (χ0) is 18.5. The molecule has 2 heterocycles. The van der Waals surface area contributed by atoms with Crippen LogP contribution in [0.3, 0.4) is 0 Å². The third-order valence-corrected chi connectivity index (χ3v) is 5.22. The highest BCUT2D eigenvalue weighted by atomic mass is 35.5. The van der Waals surface area contributed by atoms with Crippen LogP contribution in [0.15, 0.2) is 28.9 Å². The van der Waals surface area contributed by atoms with E-state index in [0.29, 0.717) is 17.3 Å². The zero-order valence-corrected chi connectivity index (χ0v) is 16.1. The Morgan fingerprint density at radius 3 is 2.81 bits per heavy atom. The van der Waals surface area contributed by atoms with Gasteiger partial charge in [-0.1, -0.05) is 28.9 Å². The van der Waals surface area contributed by atoms with Gasteiger partial charge in [-0.05, 0) is 61.5 Å². The molecule has 1 fully saturated rings. The summed E-state index contributed by atoms with van der Waals surface area (Å²) in [5.41, 5.74) is 2.15. The van der Waals surface area contributed by atoms with Gasteiger partial charge >= 0.3 is 0 Å². The van der Waals surface area contributed by atoms with Gasteiger partial charge in [0, 0.05) is 31.7 Å². The van der Waals surface area contributed by atoms with Crippen LogP contribution >= 0.6 is 11.6 Å². The maximum Gasteiger partial charge on any atom is 0.277 e. The molecule has 0 radical (unpaired) electrons. The third-order valence-electron chi connectivity index (χ3n) is 4.97. The van der Waals surface area contributed by atoms with Crippen molar-refractivity contribution in [2.45, 2.75) is 26.2 Å². The van der Waals surface area contributed by atoms with E-state index >= 15 is 0 Å². The molecule has 0 aliphatic carbocycles. The lowest BCUT2D eigenvalue weighted by Crippen LogP contribution is -2.42. The zero-order valence-electron chi connectivity index (χ0n) is 15.3. The van der Waals surface area contributed by atoms with Crippen LogP contribution in [0.4, 0.5) is 0 Å². The number of hydrogen-bond acceptors (Lipinski definition) is 5. The number of aryl methyl sites for hydroxylation is 1. The first-order valence-electron chi connectivity index (χ1n) is 9.04. The van der Waals surface area contributed by atoms with Crippen molar-refractivity contribution in [1.29, 1.82) is 0 Å². The van der Waals surface area contributed by atoms with Gasteiger partial charge in [0.15, 0.2) is 5.69 Å². The molecule has 0 saturated carbocycles. The molecule has 1 unspecified atom stereocenters. The van der Waals surface area contributed by atoms with Gasteiger partial charge in [-0.2, -0.15) is 0 Å².